The number of alkyl halides is 2. The first kappa shape index (κ1) is 17.9. The molecule has 0 atom stereocenters. The minimum Gasteiger partial charge on any atom is -0.462 e. The monoisotopic (exact) mass is 494 g/mol. The van der Waals surface area contributed by atoms with Crippen LogP contribution in [-0.2, 0) is 14.7 Å². The van der Waals surface area contributed by atoms with Crippen LogP contribution in [0.2, 0.25) is 0 Å². The summed E-state index contributed by atoms with van der Waals surface area (Å²) in [5, 5.41) is 13.4. The van der Waals surface area contributed by atoms with Crippen molar-refractivity contribution in [3.05, 3.63) is 0 Å². The molecule has 0 bridgehead atoms. The van der Waals surface area contributed by atoms with Crippen molar-refractivity contribution in [3.63, 3.8) is 0 Å². The fourth-order valence-corrected chi connectivity index (χ4v) is 5.22. The number of piperidine rings is 1. The van der Waals surface area contributed by atoms with Gasteiger partial charge in [0.15, 0.2) is 0 Å². The molecule has 1 aliphatic rings. The van der Waals surface area contributed by atoms with Gasteiger partial charge in [0.25, 0.3) is 0 Å². The molecule has 0 unspecified atom stereocenters. The fraction of sp³-hybridized carbons (Fsp3) is 0.923. The van der Waals surface area contributed by atoms with Crippen molar-refractivity contribution in [2.24, 2.45) is 5.92 Å². The zero-order valence-electron chi connectivity index (χ0n) is 11.9. The Morgan fingerprint density at radius 1 is 1.21 bits per heavy atom. The Labute approximate surface area is 142 Å². The van der Waals surface area contributed by atoms with E-state index in [2.05, 4.69) is 45.2 Å². The molecule has 19 heavy (non-hydrogen) atoms. The summed E-state index contributed by atoms with van der Waals surface area (Å²) in [7, 11) is 0. The van der Waals surface area contributed by atoms with Gasteiger partial charge in [0.05, 0.1) is 5.92 Å². The van der Waals surface area contributed by atoms with Crippen LogP contribution in [0.4, 0.5) is 0 Å². The van der Waals surface area contributed by atoms with Crippen LogP contribution in [0.3, 0.4) is 0 Å². The zero-order valence-corrected chi connectivity index (χ0v) is 16.2. The topological polar surface area (TPSA) is 49.4 Å². The average Bonchev–Trinajstić information content (AvgIpc) is 2.26. The molecule has 1 fully saturated rings. The van der Waals surface area contributed by atoms with Gasteiger partial charge in [0.2, 0.25) is 0 Å². The smallest absolute Gasteiger partial charge is 0.310 e. The van der Waals surface area contributed by atoms with Gasteiger partial charge in [-0.15, -0.1) is 10.3 Å². The minimum absolute atomic E-state index is 0.0438. The molecule has 0 spiro atoms. The van der Waals surface area contributed by atoms with Gasteiger partial charge in [-0.2, -0.15) is 0 Å². The molecule has 0 aliphatic carbocycles. The van der Waals surface area contributed by atoms with E-state index in [1.54, 1.807) is 0 Å². The van der Waals surface area contributed by atoms with Gasteiger partial charge < -0.3 is 4.74 Å². The molecular weight excluding hydrogens is 472 g/mol. The lowest BCUT2D eigenvalue weighted by Gasteiger charge is -2.49. The van der Waals surface area contributed by atoms with Crippen LogP contribution in [0, 0.1) is 5.92 Å². The normalized spacial score (nSPS) is 23.6. The minimum atomic E-state index is -0.489. The van der Waals surface area contributed by atoms with Gasteiger partial charge in [-0.1, -0.05) is 45.2 Å². The van der Waals surface area contributed by atoms with Crippen molar-refractivity contribution in [2.75, 3.05) is 8.86 Å². The predicted octanol–water partition coefficient (Wildman–Crippen LogP) is 3.38. The number of carbonyl (C=O) groups is 1. The van der Waals surface area contributed by atoms with Crippen molar-refractivity contribution in [1.29, 1.82) is 0 Å². The molecule has 6 heteroatoms. The molecule has 0 N–H and O–H groups in total. The Bertz CT molecular complexity index is 312. The molecular formula is C13H22I2NO3. The van der Waals surface area contributed by atoms with Crippen LogP contribution < -0.4 is 0 Å². The average molecular weight is 494 g/mol. The molecule has 4 nitrogen and oxygen atoms in total. The lowest BCUT2D eigenvalue weighted by molar-refractivity contribution is -0.299. The molecule has 0 aromatic carbocycles. The number of ether oxygens (including phenoxy) is 1. The lowest BCUT2D eigenvalue weighted by atomic mass is 9.80. The van der Waals surface area contributed by atoms with Gasteiger partial charge in [-0.3, -0.25) is 4.79 Å². The van der Waals surface area contributed by atoms with Gasteiger partial charge in [-0.25, -0.2) is 0 Å². The summed E-state index contributed by atoms with van der Waals surface area (Å²) < 4.78 is 7.18. The van der Waals surface area contributed by atoms with E-state index >= 15 is 0 Å². The summed E-state index contributed by atoms with van der Waals surface area (Å²) in [6, 6.07) is 0. The van der Waals surface area contributed by atoms with Crippen molar-refractivity contribution in [2.45, 2.75) is 57.7 Å². The third-order valence-electron chi connectivity index (χ3n) is 3.54. The second kappa shape index (κ2) is 6.74. The summed E-state index contributed by atoms with van der Waals surface area (Å²) in [5.41, 5.74) is -0.978. The zero-order chi connectivity index (χ0) is 14.8. The molecule has 1 aliphatic heterocycles. The van der Waals surface area contributed by atoms with E-state index in [9.17, 15) is 10.0 Å². The summed E-state index contributed by atoms with van der Waals surface area (Å²) in [4.78, 5) is 12.1. The maximum atomic E-state index is 12.2. The highest BCUT2D eigenvalue weighted by Gasteiger charge is 2.47. The van der Waals surface area contributed by atoms with Crippen molar-refractivity contribution >= 4 is 51.2 Å². The van der Waals surface area contributed by atoms with E-state index in [0.717, 1.165) is 13.9 Å². The van der Waals surface area contributed by atoms with Gasteiger partial charge in [-0.05, 0) is 27.7 Å². The van der Waals surface area contributed by atoms with Crippen LogP contribution in [-0.4, -0.2) is 37.1 Å². The molecule has 111 valence electrons. The Morgan fingerprint density at radius 3 is 2.00 bits per heavy atom. The second-order valence-electron chi connectivity index (χ2n) is 6.39. The van der Waals surface area contributed by atoms with E-state index in [-0.39, 0.29) is 18.0 Å². The highest BCUT2D eigenvalue weighted by Crippen LogP contribution is 2.38. The van der Waals surface area contributed by atoms with Gasteiger partial charge in [0, 0.05) is 32.8 Å². The molecule has 0 saturated carbocycles. The highest BCUT2D eigenvalue weighted by molar-refractivity contribution is 14.1. The number of rotatable bonds is 4. The first-order chi connectivity index (χ1) is 8.64. The largest absolute Gasteiger partial charge is 0.462 e. The van der Waals surface area contributed by atoms with Gasteiger partial charge in [0.1, 0.15) is 6.10 Å². The lowest BCUT2D eigenvalue weighted by Crippen LogP contribution is -2.60. The van der Waals surface area contributed by atoms with Crippen molar-refractivity contribution < 1.29 is 14.7 Å². The number of esters is 1. The Balaban J connectivity index is 2.73. The van der Waals surface area contributed by atoms with Crippen LogP contribution in [0.15, 0.2) is 0 Å². The quantitative estimate of drug-likeness (QED) is 0.342. The summed E-state index contributed by atoms with van der Waals surface area (Å²) >= 11 is 4.42. The summed E-state index contributed by atoms with van der Waals surface area (Å²) in [6.45, 7) is 7.65. The molecule has 1 radical (unpaired) electrons. The summed E-state index contributed by atoms with van der Waals surface area (Å²) in [5.74, 6) is -0.169. The van der Waals surface area contributed by atoms with Crippen molar-refractivity contribution in [1.82, 2.24) is 5.06 Å². The summed E-state index contributed by atoms with van der Waals surface area (Å²) in [6.07, 6.45) is 1.04. The van der Waals surface area contributed by atoms with Gasteiger partial charge >= 0.3 is 5.97 Å². The highest BCUT2D eigenvalue weighted by atomic mass is 127. The van der Waals surface area contributed by atoms with E-state index in [1.807, 2.05) is 27.7 Å². The molecule has 1 rings (SSSR count). The first-order valence-corrected chi connectivity index (χ1v) is 9.49. The van der Waals surface area contributed by atoms with E-state index in [0.29, 0.717) is 12.8 Å². The molecule has 0 aromatic rings. The first-order valence-electron chi connectivity index (χ1n) is 6.44. The Kier molecular flexibility index (Phi) is 6.35. The number of nitrogens with zero attached hydrogens (tertiary/aromatic N) is 1. The number of hydrogen-bond donors (Lipinski definition) is 0. The number of carbonyl (C=O) groups excluding carboxylic acids is 1. The fourth-order valence-electron chi connectivity index (χ4n) is 2.68. The van der Waals surface area contributed by atoms with Crippen molar-refractivity contribution in [3.8, 4) is 0 Å². The van der Waals surface area contributed by atoms with Crippen LogP contribution in [0.5, 0.6) is 0 Å². The van der Waals surface area contributed by atoms with E-state index < -0.39 is 11.1 Å². The Hall–Kier alpha value is 0.850. The second-order valence-corrected chi connectivity index (χ2v) is 8.15. The molecule has 1 saturated heterocycles. The van der Waals surface area contributed by atoms with Crippen LogP contribution >= 0.6 is 45.2 Å². The molecule has 0 aromatic heterocycles. The van der Waals surface area contributed by atoms with Crippen LogP contribution in [0.25, 0.3) is 0 Å². The Morgan fingerprint density at radius 2 is 1.63 bits per heavy atom. The molecule has 0 amide bonds. The number of hydrogen-bond acceptors (Lipinski definition) is 3. The maximum absolute atomic E-state index is 12.2. The SMILES string of the molecule is CC1(C)CC(OC(=O)C(CI)CI)CC(C)(C)N1[O]. The number of hydroxylamine groups is 2. The van der Waals surface area contributed by atoms with Crippen LogP contribution in [0.1, 0.15) is 40.5 Å². The third-order valence-corrected chi connectivity index (χ3v) is 5.67. The maximum Gasteiger partial charge on any atom is 0.310 e. The third kappa shape index (κ3) is 4.41. The number of halogens is 2. The predicted molar refractivity (Wildman–Crippen MR) is 91.1 cm³/mol. The molecule has 1 heterocycles. The standard InChI is InChI=1S/C13H22I2NO3/c1-12(2)5-10(6-13(3,4)16(12)18)19-11(17)9(7-14)8-15/h9-10H,5-8H2,1-4H3. The van der Waals surface area contributed by atoms with E-state index in [4.69, 9.17) is 4.74 Å². The van der Waals surface area contributed by atoms with E-state index in [1.165, 1.54) is 0 Å².